The molecule has 0 unspecified atom stereocenters. The van der Waals surface area contributed by atoms with E-state index < -0.39 is 18.5 Å². The van der Waals surface area contributed by atoms with Crippen LogP contribution in [0.15, 0.2) is 47.4 Å². The summed E-state index contributed by atoms with van der Waals surface area (Å²) in [6, 6.07) is 10.1. The molecule has 0 aliphatic carbocycles. The van der Waals surface area contributed by atoms with E-state index >= 15 is 0 Å². The highest BCUT2D eigenvalue weighted by Gasteiger charge is 2.13. The number of aromatic nitrogens is 1. The van der Waals surface area contributed by atoms with Gasteiger partial charge in [0.2, 0.25) is 5.56 Å². The number of rotatable bonds is 6. The lowest BCUT2D eigenvalue weighted by Crippen LogP contribution is -2.22. The Morgan fingerprint density at radius 2 is 1.96 bits per heavy atom. The SMILES string of the molecule is CC[C@H](C)c1ccccc1NC(=O)COC(=O)c1ccc(=O)[nH]c1. The molecule has 1 aromatic carbocycles. The van der Waals surface area contributed by atoms with Crippen molar-refractivity contribution in [1.82, 2.24) is 4.98 Å². The maximum absolute atomic E-state index is 12.0. The van der Waals surface area contributed by atoms with Gasteiger partial charge in [-0.3, -0.25) is 9.59 Å². The van der Waals surface area contributed by atoms with Gasteiger partial charge in [0.1, 0.15) is 0 Å². The molecule has 0 saturated carbocycles. The number of benzene rings is 1. The normalized spacial score (nSPS) is 11.6. The number of esters is 1. The third-order valence-electron chi connectivity index (χ3n) is 3.73. The summed E-state index contributed by atoms with van der Waals surface area (Å²) in [5.41, 5.74) is 1.63. The molecule has 0 radical (unpaired) electrons. The van der Waals surface area contributed by atoms with Gasteiger partial charge in [-0.05, 0) is 30.0 Å². The van der Waals surface area contributed by atoms with Gasteiger partial charge in [0.15, 0.2) is 6.61 Å². The molecule has 0 fully saturated rings. The van der Waals surface area contributed by atoms with E-state index in [0.717, 1.165) is 17.7 Å². The van der Waals surface area contributed by atoms with Crippen LogP contribution in [0.2, 0.25) is 0 Å². The van der Waals surface area contributed by atoms with Gasteiger partial charge in [-0.2, -0.15) is 0 Å². The van der Waals surface area contributed by atoms with Crippen LogP contribution >= 0.6 is 0 Å². The van der Waals surface area contributed by atoms with Crippen LogP contribution in [0.4, 0.5) is 5.69 Å². The summed E-state index contributed by atoms with van der Waals surface area (Å²) < 4.78 is 4.96. The van der Waals surface area contributed by atoms with Crippen LogP contribution in [0, 0.1) is 0 Å². The number of carbonyl (C=O) groups is 2. The zero-order valence-corrected chi connectivity index (χ0v) is 13.7. The minimum atomic E-state index is -0.670. The molecule has 6 heteroatoms. The Labute approximate surface area is 139 Å². The van der Waals surface area contributed by atoms with Crippen LogP contribution in [0.5, 0.6) is 0 Å². The van der Waals surface area contributed by atoms with Crippen LogP contribution in [0.25, 0.3) is 0 Å². The van der Waals surface area contributed by atoms with Crippen molar-refractivity contribution < 1.29 is 14.3 Å². The fourth-order valence-corrected chi connectivity index (χ4v) is 2.20. The molecule has 0 spiro atoms. The molecule has 24 heavy (non-hydrogen) atoms. The van der Waals surface area contributed by atoms with Crippen molar-refractivity contribution in [3.63, 3.8) is 0 Å². The molecule has 1 aromatic heterocycles. The molecule has 1 amide bonds. The van der Waals surface area contributed by atoms with Crippen molar-refractivity contribution in [2.75, 3.05) is 11.9 Å². The molecule has 0 aliphatic heterocycles. The summed E-state index contributed by atoms with van der Waals surface area (Å²) in [6.07, 6.45) is 2.20. The van der Waals surface area contributed by atoms with Crippen LogP contribution in [-0.2, 0) is 9.53 Å². The molecule has 126 valence electrons. The second-order valence-corrected chi connectivity index (χ2v) is 5.46. The Morgan fingerprint density at radius 1 is 1.21 bits per heavy atom. The number of amides is 1. The van der Waals surface area contributed by atoms with E-state index in [0.29, 0.717) is 5.92 Å². The van der Waals surface area contributed by atoms with E-state index in [4.69, 9.17) is 4.74 Å². The predicted octanol–water partition coefficient (Wildman–Crippen LogP) is 2.68. The number of hydrogen-bond acceptors (Lipinski definition) is 4. The third kappa shape index (κ3) is 4.55. The second kappa shape index (κ2) is 8.10. The predicted molar refractivity (Wildman–Crippen MR) is 91.1 cm³/mol. The first kappa shape index (κ1) is 17.5. The molecule has 0 aliphatic rings. The molecule has 1 heterocycles. The van der Waals surface area contributed by atoms with Crippen LogP contribution in [0.1, 0.15) is 42.1 Å². The molecule has 0 saturated heterocycles. The van der Waals surface area contributed by atoms with E-state index in [1.807, 2.05) is 24.3 Å². The van der Waals surface area contributed by atoms with Gasteiger partial charge >= 0.3 is 5.97 Å². The molecule has 6 nitrogen and oxygen atoms in total. The molecule has 2 rings (SSSR count). The van der Waals surface area contributed by atoms with Crippen molar-refractivity contribution in [3.8, 4) is 0 Å². The summed E-state index contributed by atoms with van der Waals surface area (Å²) >= 11 is 0. The van der Waals surface area contributed by atoms with Crippen molar-refractivity contribution in [2.24, 2.45) is 0 Å². The van der Waals surface area contributed by atoms with Crippen molar-refractivity contribution >= 4 is 17.6 Å². The van der Waals surface area contributed by atoms with E-state index in [1.54, 1.807) is 0 Å². The topological polar surface area (TPSA) is 88.3 Å². The van der Waals surface area contributed by atoms with Gasteiger partial charge in [-0.1, -0.05) is 32.0 Å². The molecule has 1 atom stereocenters. The standard InChI is InChI=1S/C18H20N2O4/c1-3-12(2)14-6-4-5-7-15(14)20-17(22)11-24-18(23)13-8-9-16(21)19-10-13/h4-10,12H,3,11H2,1-2H3,(H,19,21)(H,20,22)/t12-/m0/s1. The van der Waals surface area contributed by atoms with Crippen LogP contribution < -0.4 is 10.9 Å². The fourth-order valence-electron chi connectivity index (χ4n) is 2.20. The first-order chi connectivity index (χ1) is 11.5. The minimum Gasteiger partial charge on any atom is -0.452 e. The number of hydrogen-bond donors (Lipinski definition) is 2. The van der Waals surface area contributed by atoms with Gasteiger partial charge in [0.25, 0.3) is 5.91 Å². The van der Waals surface area contributed by atoms with Crippen molar-refractivity contribution in [2.45, 2.75) is 26.2 Å². The summed E-state index contributed by atoms with van der Waals surface area (Å²) in [7, 11) is 0. The highest BCUT2D eigenvalue weighted by molar-refractivity contribution is 5.95. The smallest absolute Gasteiger partial charge is 0.340 e. The lowest BCUT2D eigenvalue weighted by Gasteiger charge is -2.15. The largest absolute Gasteiger partial charge is 0.452 e. The summed E-state index contributed by atoms with van der Waals surface area (Å²) in [5, 5.41) is 2.77. The highest BCUT2D eigenvalue weighted by atomic mass is 16.5. The quantitative estimate of drug-likeness (QED) is 0.798. The number of anilines is 1. The zero-order chi connectivity index (χ0) is 17.5. The number of nitrogens with one attached hydrogen (secondary N) is 2. The summed E-state index contributed by atoms with van der Waals surface area (Å²) in [4.78, 5) is 37.2. The first-order valence-electron chi connectivity index (χ1n) is 7.76. The average Bonchev–Trinajstić information content (AvgIpc) is 2.60. The Bertz CT molecular complexity index is 762. The maximum Gasteiger partial charge on any atom is 0.340 e. The number of ether oxygens (including phenoxy) is 1. The Hall–Kier alpha value is -2.89. The number of para-hydroxylation sites is 1. The zero-order valence-electron chi connectivity index (χ0n) is 13.7. The lowest BCUT2D eigenvalue weighted by molar-refractivity contribution is -0.119. The van der Waals surface area contributed by atoms with Crippen molar-refractivity contribution in [3.05, 3.63) is 64.1 Å². The van der Waals surface area contributed by atoms with Gasteiger partial charge in [0.05, 0.1) is 5.56 Å². The van der Waals surface area contributed by atoms with Gasteiger partial charge in [-0.25, -0.2) is 4.79 Å². The van der Waals surface area contributed by atoms with E-state index in [2.05, 4.69) is 24.1 Å². The van der Waals surface area contributed by atoms with E-state index in [-0.39, 0.29) is 11.1 Å². The molecular weight excluding hydrogens is 308 g/mol. The molecule has 2 aromatic rings. The van der Waals surface area contributed by atoms with Gasteiger partial charge < -0.3 is 15.0 Å². The lowest BCUT2D eigenvalue weighted by atomic mass is 9.97. The first-order valence-corrected chi connectivity index (χ1v) is 7.76. The molecular formula is C18H20N2O4. The molecule has 2 N–H and O–H groups in total. The van der Waals surface area contributed by atoms with Crippen LogP contribution in [0.3, 0.4) is 0 Å². The Balaban J connectivity index is 1.95. The van der Waals surface area contributed by atoms with Gasteiger partial charge in [-0.15, -0.1) is 0 Å². The highest BCUT2D eigenvalue weighted by Crippen LogP contribution is 2.26. The van der Waals surface area contributed by atoms with E-state index in [1.165, 1.54) is 18.3 Å². The van der Waals surface area contributed by atoms with Crippen LogP contribution in [-0.4, -0.2) is 23.5 Å². The minimum absolute atomic E-state index is 0.183. The van der Waals surface area contributed by atoms with Gasteiger partial charge in [0, 0.05) is 18.0 Å². The van der Waals surface area contributed by atoms with E-state index in [9.17, 15) is 14.4 Å². The number of pyridine rings is 1. The average molecular weight is 328 g/mol. The number of H-pyrrole nitrogens is 1. The van der Waals surface area contributed by atoms with Crippen molar-refractivity contribution in [1.29, 1.82) is 0 Å². The number of aromatic amines is 1. The Morgan fingerprint density at radius 3 is 2.62 bits per heavy atom. The second-order valence-electron chi connectivity index (χ2n) is 5.46. The summed E-state index contributed by atoms with van der Waals surface area (Å²) in [5.74, 6) is -0.773. The monoisotopic (exact) mass is 328 g/mol. The maximum atomic E-state index is 12.0. The number of carbonyl (C=O) groups excluding carboxylic acids is 2. The molecule has 0 bridgehead atoms. The Kier molecular flexibility index (Phi) is 5.89. The third-order valence-corrected chi connectivity index (χ3v) is 3.73. The summed E-state index contributed by atoms with van der Waals surface area (Å²) in [6.45, 7) is 3.77. The fraction of sp³-hybridized carbons (Fsp3) is 0.278.